The molecule has 1 unspecified atom stereocenters. The molecule has 0 aromatic heterocycles. The van der Waals surface area contributed by atoms with Crippen molar-refractivity contribution in [2.75, 3.05) is 6.54 Å². The summed E-state index contributed by atoms with van der Waals surface area (Å²) in [7, 11) is 0. The Bertz CT molecular complexity index is 290. The van der Waals surface area contributed by atoms with Crippen molar-refractivity contribution in [2.45, 2.75) is 161 Å². The standard InChI is InChI=1S/C26H55NO/c1-4-6-7-8-9-10-11-12-13-14-15-16-17-18-19-20-21-22-23-24-25-26(3,28)27-5-2/h27-28H,4-25H2,1-3H3. The molecule has 0 aromatic carbocycles. The number of unbranched alkanes of at least 4 members (excludes halogenated alkanes) is 19. The highest BCUT2D eigenvalue weighted by Gasteiger charge is 2.16. The Morgan fingerprint density at radius 3 is 1.07 bits per heavy atom. The average Bonchev–Trinajstić information content (AvgIpc) is 2.66. The summed E-state index contributed by atoms with van der Waals surface area (Å²) in [6, 6.07) is 0. The van der Waals surface area contributed by atoms with Crippen molar-refractivity contribution >= 4 is 0 Å². The summed E-state index contributed by atoms with van der Waals surface area (Å²) >= 11 is 0. The van der Waals surface area contributed by atoms with Crippen LogP contribution in [-0.4, -0.2) is 17.4 Å². The van der Waals surface area contributed by atoms with Crippen LogP contribution in [0.5, 0.6) is 0 Å². The van der Waals surface area contributed by atoms with E-state index in [-0.39, 0.29) is 0 Å². The summed E-state index contributed by atoms with van der Waals surface area (Å²) in [6.07, 6.45) is 29.1. The fourth-order valence-corrected chi connectivity index (χ4v) is 4.19. The highest BCUT2D eigenvalue weighted by molar-refractivity contribution is 4.68. The molecule has 170 valence electrons. The van der Waals surface area contributed by atoms with Crippen LogP contribution in [0, 0.1) is 0 Å². The van der Waals surface area contributed by atoms with Gasteiger partial charge in [-0.15, -0.1) is 0 Å². The molecule has 0 aliphatic rings. The van der Waals surface area contributed by atoms with Crippen molar-refractivity contribution in [3.05, 3.63) is 0 Å². The Labute approximate surface area is 178 Å². The van der Waals surface area contributed by atoms with Gasteiger partial charge < -0.3 is 5.11 Å². The summed E-state index contributed by atoms with van der Waals surface area (Å²) in [5.41, 5.74) is -0.664. The van der Waals surface area contributed by atoms with Crippen molar-refractivity contribution in [1.82, 2.24) is 5.32 Å². The van der Waals surface area contributed by atoms with Gasteiger partial charge >= 0.3 is 0 Å². The molecule has 2 nitrogen and oxygen atoms in total. The Morgan fingerprint density at radius 2 is 0.786 bits per heavy atom. The Hall–Kier alpha value is -0.0800. The number of nitrogens with one attached hydrogen (secondary N) is 1. The molecule has 0 aliphatic heterocycles. The van der Waals surface area contributed by atoms with E-state index in [1.807, 2.05) is 13.8 Å². The fourth-order valence-electron chi connectivity index (χ4n) is 4.19. The minimum atomic E-state index is -0.664. The van der Waals surface area contributed by atoms with Crippen LogP contribution in [0.25, 0.3) is 0 Å². The van der Waals surface area contributed by atoms with Crippen molar-refractivity contribution in [3.63, 3.8) is 0 Å². The SMILES string of the molecule is CCCCCCCCCCCCCCCCCCCCCCC(C)(O)NCC. The minimum Gasteiger partial charge on any atom is -0.376 e. The van der Waals surface area contributed by atoms with Gasteiger partial charge in [0.1, 0.15) is 5.72 Å². The molecule has 0 spiro atoms. The average molecular weight is 398 g/mol. The molecule has 0 bridgehead atoms. The molecule has 2 N–H and O–H groups in total. The van der Waals surface area contributed by atoms with Crippen LogP contribution in [0.2, 0.25) is 0 Å². The molecule has 0 rings (SSSR count). The lowest BCUT2D eigenvalue weighted by Gasteiger charge is -2.23. The van der Waals surface area contributed by atoms with Gasteiger partial charge in [-0.3, -0.25) is 5.32 Å². The van der Waals surface area contributed by atoms with Crippen LogP contribution >= 0.6 is 0 Å². The summed E-state index contributed by atoms with van der Waals surface area (Å²) in [5, 5.41) is 13.2. The van der Waals surface area contributed by atoms with E-state index in [1.165, 1.54) is 122 Å². The lowest BCUT2D eigenvalue weighted by atomic mass is 10.0. The van der Waals surface area contributed by atoms with Gasteiger partial charge in [0.05, 0.1) is 0 Å². The van der Waals surface area contributed by atoms with E-state index in [1.54, 1.807) is 0 Å². The summed E-state index contributed by atoms with van der Waals surface area (Å²) in [6.45, 7) is 7.08. The highest BCUT2D eigenvalue weighted by atomic mass is 16.3. The van der Waals surface area contributed by atoms with Gasteiger partial charge in [0, 0.05) is 0 Å². The molecule has 28 heavy (non-hydrogen) atoms. The number of hydrogen-bond acceptors (Lipinski definition) is 2. The van der Waals surface area contributed by atoms with E-state index in [9.17, 15) is 5.11 Å². The number of aliphatic hydroxyl groups is 1. The number of rotatable bonds is 23. The van der Waals surface area contributed by atoms with E-state index in [0.717, 1.165) is 19.4 Å². The molecule has 2 heteroatoms. The van der Waals surface area contributed by atoms with E-state index in [4.69, 9.17) is 0 Å². The molecule has 1 atom stereocenters. The van der Waals surface area contributed by atoms with Crippen LogP contribution in [-0.2, 0) is 0 Å². The van der Waals surface area contributed by atoms with Gasteiger partial charge in [-0.2, -0.15) is 0 Å². The highest BCUT2D eigenvalue weighted by Crippen LogP contribution is 2.16. The van der Waals surface area contributed by atoms with Crippen LogP contribution in [0.15, 0.2) is 0 Å². The third-order valence-corrected chi connectivity index (χ3v) is 6.07. The van der Waals surface area contributed by atoms with E-state index >= 15 is 0 Å². The first-order valence-corrected chi connectivity index (χ1v) is 13.1. The van der Waals surface area contributed by atoms with Crippen molar-refractivity contribution < 1.29 is 5.11 Å². The maximum Gasteiger partial charge on any atom is 0.113 e. The summed E-state index contributed by atoms with van der Waals surface area (Å²) in [4.78, 5) is 0. The normalized spacial score (nSPS) is 13.7. The van der Waals surface area contributed by atoms with Crippen LogP contribution < -0.4 is 5.32 Å². The molecular weight excluding hydrogens is 342 g/mol. The molecule has 0 saturated carbocycles. The van der Waals surface area contributed by atoms with Crippen molar-refractivity contribution in [1.29, 1.82) is 0 Å². The zero-order valence-electron chi connectivity index (χ0n) is 20.0. The first-order chi connectivity index (χ1) is 13.6. The van der Waals surface area contributed by atoms with Crippen molar-refractivity contribution in [3.8, 4) is 0 Å². The quantitative estimate of drug-likeness (QED) is 0.134. The molecular formula is C26H55NO. The molecule has 0 aliphatic carbocycles. The van der Waals surface area contributed by atoms with Crippen LogP contribution in [0.1, 0.15) is 156 Å². The van der Waals surface area contributed by atoms with E-state index in [2.05, 4.69) is 12.2 Å². The molecule has 0 amide bonds. The van der Waals surface area contributed by atoms with Gasteiger partial charge in [0.25, 0.3) is 0 Å². The first-order valence-electron chi connectivity index (χ1n) is 13.1. The monoisotopic (exact) mass is 397 g/mol. The molecule has 0 radical (unpaired) electrons. The molecule has 0 heterocycles. The zero-order valence-corrected chi connectivity index (χ0v) is 20.0. The fraction of sp³-hybridized carbons (Fsp3) is 1.00. The topological polar surface area (TPSA) is 32.3 Å². The van der Waals surface area contributed by atoms with Gasteiger partial charge in [-0.05, 0) is 26.3 Å². The largest absolute Gasteiger partial charge is 0.376 e. The van der Waals surface area contributed by atoms with Gasteiger partial charge in [-0.1, -0.05) is 136 Å². The Kier molecular flexibility index (Phi) is 21.6. The van der Waals surface area contributed by atoms with Crippen molar-refractivity contribution in [2.24, 2.45) is 0 Å². The predicted octanol–water partition coefficient (Wildman–Crippen LogP) is 8.52. The maximum atomic E-state index is 10.1. The Morgan fingerprint density at radius 1 is 0.500 bits per heavy atom. The van der Waals surface area contributed by atoms with Gasteiger partial charge in [0.2, 0.25) is 0 Å². The zero-order chi connectivity index (χ0) is 20.8. The minimum absolute atomic E-state index is 0.664. The molecule has 0 fully saturated rings. The Balaban J connectivity index is 3.09. The second-order valence-electron chi connectivity index (χ2n) is 9.27. The number of hydrogen-bond donors (Lipinski definition) is 2. The van der Waals surface area contributed by atoms with Crippen LogP contribution in [0.4, 0.5) is 0 Å². The first kappa shape index (κ1) is 27.9. The summed E-state index contributed by atoms with van der Waals surface area (Å²) in [5.74, 6) is 0. The second-order valence-corrected chi connectivity index (χ2v) is 9.27. The summed E-state index contributed by atoms with van der Waals surface area (Å²) < 4.78 is 0. The second kappa shape index (κ2) is 21.6. The molecule has 0 aromatic rings. The maximum absolute atomic E-state index is 10.1. The predicted molar refractivity (Wildman–Crippen MR) is 127 cm³/mol. The lowest BCUT2D eigenvalue weighted by molar-refractivity contribution is 0.0151. The molecule has 0 saturated heterocycles. The van der Waals surface area contributed by atoms with E-state index in [0.29, 0.717) is 0 Å². The lowest BCUT2D eigenvalue weighted by Crippen LogP contribution is -2.41. The third-order valence-electron chi connectivity index (χ3n) is 6.07. The van der Waals surface area contributed by atoms with Gasteiger partial charge in [-0.25, -0.2) is 0 Å². The third kappa shape index (κ3) is 22.2. The van der Waals surface area contributed by atoms with Crippen LogP contribution in [0.3, 0.4) is 0 Å². The van der Waals surface area contributed by atoms with Gasteiger partial charge in [0.15, 0.2) is 0 Å². The smallest absolute Gasteiger partial charge is 0.113 e. The van der Waals surface area contributed by atoms with E-state index < -0.39 is 5.72 Å².